The molecule has 2 rings (SSSR count). The van der Waals surface area contributed by atoms with E-state index < -0.39 is 46.3 Å². The molecule has 0 saturated heterocycles. The first-order valence-corrected chi connectivity index (χ1v) is 7.67. The summed E-state index contributed by atoms with van der Waals surface area (Å²) in [4.78, 5) is 24.7. The van der Waals surface area contributed by atoms with Gasteiger partial charge in [-0.2, -0.15) is 13.2 Å². The molecule has 2 N–H and O–H groups in total. The maximum absolute atomic E-state index is 13.6. The van der Waals surface area contributed by atoms with Gasteiger partial charge in [0.2, 0.25) is 11.8 Å². The fourth-order valence-corrected chi connectivity index (χ4v) is 2.05. The Balaban J connectivity index is 2.18. The van der Waals surface area contributed by atoms with Gasteiger partial charge >= 0.3 is 6.18 Å². The number of amides is 2. The van der Waals surface area contributed by atoms with E-state index in [-0.39, 0.29) is 5.69 Å². The van der Waals surface area contributed by atoms with Crippen LogP contribution in [-0.2, 0) is 15.8 Å². The second kappa shape index (κ2) is 7.34. The molecule has 9 heteroatoms. The Bertz CT molecular complexity index is 858. The van der Waals surface area contributed by atoms with Crippen molar-refractivity contribution in [3.63, 3.8) is 0 Å². The Kier molecular flexibility index (Phi) is 5.53. The molecule has 144 valence electrons. The molecule has 0 aliphatic carbocycles. The highest BCUT2D eigenvalue weighted by Crippen LogP contribution is 2.31. The number of rotatable bonds is 4. The molecule has 0 bridgehead atoms. The highest BCUT2D eigenvalue weighted by molar-refractivity contribution is 6.14. The molecule has 2 aromatic carbocycles. The maximum Gasteiger partial charge on any atom is 0.416 e. The molecule has 0 fully saturated rings. The molecule has 0 aliphatic rings. The van der Waals surface area contributed by atoms with Crippen LogP contribution in [0.15, 0.2) is 42.5 Å². The second-order valence-electron chi connectivity index (χ2n) is 6.21. The summed E-state index contributed by atoms with van der Waals surface area (Å²) in [6.07, 6.45) is -4.60. The van der Waals surface area contributed by atoms with Gasteiger partial charge in [-0.1, -0.05) is 12.1 Å². The number of carbonyl (C=O) groups excluding carboxylic acids is 2. The number of nitrogens with one attached hydrogen (secondary N) is 2. The van der Waals surface area contributed by atoms with Crippen LogP contribution < -0.4 is 10.6 Å². The van der Waals surface area contributed by atoms with Crippen LogP contribution in [0.25, 0.3) is 0 Å². The minimum atomic E-state index is -4.60. The third kappa shape index (κ3) is 4.60. The van der Waals surface area contributed by atoms with E-state index in [0.29, 0.717) is 6.07 Å². The number of benzene rings is 2. The largest absolute Gasteiger partial charge is 0.416 e. The summed E-state index contributed by atoms with van der Waals surface area (Å²) in [5.41, 5.74) is -3.70. The van der Waals surface area contributed by atoms with Crippen molar-refractivity contribution in [2.24, 2.45) is 5.41 Å². The van der Waals surface area contributed by atoms with Crippen LogP contribution in [0.3, 0.4) is 0 Å². The van der Waals surface area contributed by atoms with Crippen molar-refractivity contribution in [2.75, 3.05) is 10.6 Å². The molecule has 0 radical (unpaired) electrons. The van der Waals surface area contributed by atoms with Gasteiger partial charge in [0.1, 0.15) is 22.7 Å². The van der Waals surface area contributed by atoms with Crippen LogP contribution in [0.2, 0.25) is 0 Å². The first kappa shape index (κ1) is 20.3. The van der Waals surface area contributed by atoms with Crippen LogP contribution in [-0.4, -0.2) is 11.8 Å². The highest BCUT2D eigenvalue weighted by Gasteiger charge is 2.37. The van der Waals surface area contributed by atoms with Gasteiger partial charge in [0.05, 0.1) is 5.56 Å². The Morgan fingerprint density at radius 3 is 1.93 bits per heavy atom. The Morgan fingerprint density at radius 1 is 0.852 bits per heavy atom. The van der Waals surface area contributed by atoms with Crippen LogP contribution >= 0.6 is 0 Å². The fourth-order valence-electron chi connectivity index (χ4n) is 2.05. The van der Waals surface area contributed by atoms with Crippen molar-refractivity contribution in [2.45, 2.75) is 20.0 Å². The van der Waals surface area contributed by atoms with Crippen LogP contribution in [0.4, 0.5) is 33.3 Å². The summed E-state index contributed by atoms with van der Waals surface area (Å²) in [5.74, 6) is -4.04. The summed E-state index contributed by atoms with van der Waals surface area (Å²) in [7, 11) is 0. The number of alkyl halides is 3. The zero-order chi connectivity index (χ0) is 20.4. The van der Waals surface area contributed by atoms with Gasteiger partial charge in [-0.3, -0.25) is 9.59 Å². The summed E-state index contributed by atoms with van der Waals surface area (Å²) in [6, 6.07) is 6.81. The predicted molar refractivity (Wildman–Crippen MR) is 88.8 cm³/mol. The maximum atomic E-state index is 13.6. The Morgan fingerprint density at radius 2 is 1.37 bits per heavy atom. The zero-order valence-electron chi connectivity index (χ0n) is 14.2. The van der Waals surface area contributed by atoms with Gasteiger partial charge in [-0.15, -0.1) is 0 Å². The molecule has 0 spiro atoms. The minimum absolute atomic E-state index is 0.173. The molecule has 0 unspecified atom stereocenters. The lowest BCUT2D eigenvalue weighted by molar-refractivity contribution is -0.138. The molecule has 0 aliphatic heterocycles. The average Bonchev–Trinajstić information content (AvgIpc) is 2.57. The molecular formula is C18H15F5N2O2. The van der Waals surface area contributed by atoms with Gasteiger partial charge in [0, 0.05) is 5.69 Å². The van der Waals surface area contributed by atoms with Gasteiger partial charge in [0.25, 0.3) is 0 Å². The van der Waals surface area contributed by atoms with Gasteiger partial charge in [-0.25, -0.2) is 8.78 Å². The number of anilines is 2. The first-order chi connectivity index (χ1) is 12.4. The van der Waals surface area contributed by atoms with Crippen molar-refractivity contribution >= 4 is 23.2 Å². The van der Waals surface area contributed by atoms with Crippen molar-refractivity contribution in [1.82, 2.24) is 0 Å². The molecule has 27 heavy (non-hydrogen) atoms. The zero-order valence-corrected chi connectivity index (χ0v) is 14.2. The SMILES string of the molecule is CC(C)(C(=O)Nc1cccc(C(F)(F)F)c1)C(=O)Nc1c(F)cccc1F. The minimum Gasteiger partial charge on any atom is -0.325 e. The summed E-state index contributed by atoms with van der Waals surface area (Å²) < 4.78 is 65.5. The first-order valence-electron chi connectivity index (χ1n) is 7.67. The lowest BCUT2D eigenvalue weighted by Gasteiger charge is -2.23. The van der Waals surface area contributed by atoms with Crippen LogP contribution in [0.1, 0.15) is 19.4 Å². The lowest BCUT2D eigenvalue weighted by Crippen LogP contribution is -2.42. The number of carbonyl (C=O) groups is 2. The van der Waals surface area contributed by atoms with E-state index in [9.17, 15) is 31.5 Å². The highest BCUT2D eigenvalue weighted by atomic mass is 19.4. The Labute approximate surface area is 151 Å². The number of halogens is 5. The lowest BCUT2D eigenvalue weighted by atomic mass is 9.90. The topological polar surface area (TPSA) is 58.2 Å². The van der Waals surface area contributed by atoms with E-state index in [1.807, 2.05) is 5.32 Å². The average molecular weight is 386 g/mol. The molecular weight excluding hydrogens is 371 g/mol. The molecule has 4 nitrogen and oxygen atoms in total. The summed E-state index contributed by atoms with van der Waals surface area (Å²) in [6.45, 7) is 2.34. The molecule has 0 heterocycles. The van der Waals surface area contributed by atoms with Crippen molar-refractivity contribution in [3.05, 3.63) is 59.7 Å². The second-order valence-corrected chi connectivity index (χ2v) is 6.21. The van der Waals surface area contributed by atoms with Crippen molar-refractivity contribution < 1.29 is 31.5 Å². The quantitative estimate of drug-likeness (QED) is 0.597. The molecule has 0 saturated carbocycles. The van der Waals surface area contributed by atoms with E-state index in [2.05, 4.69) is 5.32 Å². The normalized spacial score (nSPS) is 11.8. The van der Waals surface area contributed by atoms with Gasteiger partial charge < -0.3 is 10.6 Å². The third-order valence-corrected chi connectivity index (χ3v) is 3.78. The molecule has 0 atom stereocenters. The van der Waals surface area contributed by atoms with Crippen LogP contribution in [0, 0.1) is 17.0 Å². The molecule has 2 amide bonds. The third-order valence-electron chi connectivity index (χ3n) is 3.78. The van der Waals surface area contributed by atoms with E-state index in [4.69, 9.17) is 0 Å². The number of hydrogen-bond acceptors (Lipinski definition) is 2. The van der Waals surface area contributed by atoms with E-state index in [0.717, 1.165) is 30.3 Å². The Hall–Kier alpha value is -2.97. The molecule has 0 aromatic heterocycles. The van der Waals surface area contributed by atoms with Crippen LogP contribution in [0.5, 0.6) is 0 Å². The predicted octanol–water partition coefficient (Wildman–Crippen LogP) is 4.59. The monoisotopic (exact) mass is 386 g/mol. The number of hydrogen-bond donors (Lipinski definition) is 2. The summed E-state index contributed by atoms with van der Waals surface area (Å²) >= 11 is 0. The van der Waals surface area contributed by atoms with E-state index >= 15 is 0 Å². The fraction of sp³-hybridized carbons (Fsp3) is 0.222. The van der Waals surface area contributed by atoms with E-state index in [1.165, 1.54) is 19.9 Å². The smallest absolute Gasteiger partial charge is 0.325 e. The van der Waals surface area contributed by atoms with E-state index in [1.54, 1.807) is 0 Å². The van der Waals surface area contributed by atoms with Gasteiger partial charge in [0.15, 0.2) is 0 Å². The van der Waals surface area contributed by atoms with Crippen molar-refractivity contribution in [1.29, 1.82) is 0 Å². The molecule has 2 aromatic rings. The standard InChI is InChI=1S/C18H15F5N2O2/c1-17(2,16(27)25-14-12(19)7-4-8-13(14)20)15(26)24-11-6-3-5-10(9-11)18(21,22)23/h3-9H,1-2H3,(H,24,26)(H,25,27). The number of para-hydroxylation sites is 1. The van der Waals surface area contributed by atoms with Crippen molar-refractivity contribution in [3.8, 4) is 0 Å². The summed E-state index contributed by atoms with van der Waals surface area (Å²) in [5, 5.41) is 4.19. The van der Waals surface area contributed by atoms with Gasteiger partial charge in [-0.05, 0) is 44.2 Å².